The fraction of sp³-hybridized carbons (Fsp3) is 1.00. The lowest BCUT2D eigenvalue weighted by Crippen LogP contribution is -2.39. The van der Waals surface area contributed by atoms with Crippen molar-refractivity contribution in [3.8, 4) is 0 Å². The van der Waals surface area contributed by atoms with E-state index in [9.17, 15) is 5.11 Å². The van der Waals surface area contributed by atoms with Crippen LogP contribution in [0.2, 0.25) is 0 Å². The molecule has 0 aromatic heterocycles. The van der Waals surface area contributed by atoms with Crippen LogP contribution in [-0.2, 0) is 14.2 Å². The van der Waals surface area contributed by atoms with E-state index in [0.29, 0.717) is 0 Å². The SMILES string of the molecule is C[C@H](O)[C@H]1O[C@H]2CC23OC(C)(C)OC13. The summed E-state index contributed by atoms with van der Waals surface area (Å²) in [5.74, 6) is -0.531. The highest BCUT2D eigenvalue weighted by molar-refractivity contribution is 5.23. The number of ether oxygens (including phenoxy) is 3. The normalized spacial score (nSPS) is 55.3. The zero-order valence-electron chi connectivity index (χ0n) is 8.69. The second-order valence-electron chi connectivity index (χ2n) is 5.03. The topological polar surface area (TPSA) is 47.9 Å². The van der Waals surface area contributed by atoms with Gasteiger partial charge in [0.1, 0.15) is 17.8 Å². The van der Waals surface area contributed by atoms with E-state index < -0.39 is 11.9 Å². The molecule has 1 aliphatic carbocycles. The molecule has 3 fully saturated rings. The van der Waals surface area contributed by atoms with Crippen LogP contribution in [0.4, 0.5) is 0 Å². The first-order valence-corrected chi connectivity index (χ1v) is 5.16. The van der Waals surface area contributed by atoms with E-state index in [1.54, 1.807) is 6.92 Å². The standard InChI is InChI=1S/C10H16O4/c1-5(11)7-8-10(4-6(10)12-7)14-9(2,3)13-8/h5-8,11H,4H2,1-3H3/t5-,6-,7+,8?,10?/m0/s1. The van der Waals surface area contributed by atoms with E-state index in [4.69, 9.17) is 14.2 Å². The van der Waals surface area contributed by atoms with Crippen molar-refractivity contribution in [3.05, 3.63) is 0 Å². The lowest BCUT2D eigenvalue weighted by atomic mass is 10.0. The van der Waals surface area contributed by atoms with Crippen molar-refractivity contribution in [2.45, 2.75) is 63.0 Å². The molecule has 3 aliphatic rings. The lowest BCUT2D eigenvalue weighted by molar-refractivity contribution is -0.183. The monoisotopic (exact) mass is 200 g/mol. The minimum atomic E-state index is -0.531. The van der Waals surface area contributed by atoms with Gasteiger partial charge >= 0.3 is 0 Å². The third-order valence-corrected chi connectivity index (χ3v) is 3.31. The van der Waals surface area contributed by atoms with Gasteiger partial charge in [0.05, 0.1) is 12.2 Å². The second kappa shape index (κ2) is 2.32. The zero-order chi connectivity index (χ0) is 10.1. The molecule has 4 nitrogen and oxygen atoms in total. The smallest absolute Gasteiger partial charge is 0.164 e. The molecule has 2 unspecified atom stereocenters. The van der Waals surface area contributed by atoms with Gasteiger partial charge in [-0.15, -0.1) is 0 Å². The maximum atomic E-state index is 9.54. The Morgan fingerprint density at radius 1 is 1.43 bits per heavy atom. The first kappa shape index (κ1) is 9.09. The highest BCUT2D eigenvalue weighted by Crippen LogP contribution is 2.60. The van der Waals surface area contributed by atoms with Crippen LogP contribution in [0.5, 0.6) is 0 Å². The van der Waals surface area contributed by atoms with Crippen molar-refractivity contribution in [1.29, 1.82) is 0 Å². The number of rotatable bonds is 1. The summed E-state index contributed by atoms with van der Waals surface area (Å²) in [7, 11) is 0. The Kier molecular flexibility index (Phi) is 1.51. The van der Waals surface area contributed by atoms with E-state index in [1.165, 1.54) is 0 Å². The molecule has 4 heteroatoms. The van der Waals surface area contributed by atoms with Gasteiger partial charge in [-0.3, -0.25) is 0 Å². The quantitative estimate of drug-likeness (QED) is 0.666. The molecule has 14 heavy (non-hydrogen) atoms. The van der Waals surface area contributed by atoms with Crippen molar-refractivity contribution in [3.63, 3.8) is 0 Å². The Hall–Kier alpha value is -0.160. The predicted octanol–water partition coefficient (Wildman–Crippen LogP) is 0.429. The lowest BCUT2D eigenvalue weighted by Gasteiger charge is -2.24. The summed E-state index contributed by atoms with van der Waals surface area (Å²) in [5, 5.41) is 9.54. The minimum absolute atomic E-state index is 0.0949. The van der Waals surface area contributed by atoms with E-state index in [1.807, 2.05) is 13.8 Å². The third-order valence-electron chi connectivity index (χ3n) is 3.31. The molecule has 2 saturated heterocycles. The predicted molar refractivity (Wildman–Crippen MR) is 47.7 cm³/mol. The maximum Gasteiger partial charge on any atom is 0.164 e. The number of hydrogen-bond acceptors (Lipinski definition) is 4. The van der Waals surface area contributed by atoms with E-state index in [2.05, 4.69) is 0 Å². The van der Waals surface area contributed by atoms with Crippen molar-refractivity contribution in [2.24, 2.45) is 0 Å². The first-order valence-electron chi connectivity index (χ1n) is 5.16. The average Bonchev–Trinajstić information content (AvgIpc) is 2.49. The van der Waals surface area contributed by atoms with Crippen LogP contribution < -0.4 is 0 Å². The van der Waals surface area contributed by atoms with Gasteiger partial charge in [-0.1, -0.05) is 0 Å². The van der Waals surface area contributed by atoms with Crippen LogP contribution in [0.1, 0.15) is 27.2 Å². The molecule has 0 amide bonds. The molecule has 1 N–H and O–H groups in total. The van der Waals surface area contributed by atoms with Crippen LogP contribution >= 0.6 is 0 Å². The van der Waals surface area contributed by atoms with Crippen LogP contribution in [0.25, 0.3) is 0 Å². The third kappa shape index (κ3) is 0.972. The molecule has 0 radical (unpaired) electrons. The second-order valence-corrected chi connectivity index (χ2v) is 5.03. The molecule has 1 spiro atoms. The van der Waals surface area contributed by atoms with E-state index in [0.717, 1.165) is 6.42 Å². The van der Waals surface area contributed by atoms with Crippen LogP contribution in [0.3, 0.4) is 0 Å². The Balaban J connectivity index is 1.87. The van der Waals surface area contributed by atoms with Crippen LogP contribution in [-0.4, -0.2) is 40.9 Å². The van der Waals surface area contributed by atoms with Gasteiger partial charge in [-0.2, -0.15) is 0 Å². The van der Waals surface area contributed by atoms with Crippen molar-refractivity contribution in [2.75, 3.05) is 0 Å². The van der Waals surface area contributed by atoms with E-state index in [-0.39, 0.29) is 23.9 Å². The van der Waals surface area contributed by atoms with Gasteiger partial charge in [0, 0.05) is 6.42 Å². The summed E-state index contributed by atoms with van der Waals surface area (Å²) < 4.78 is 17.3. The molecular formula is C10H16O4. The van der Waals surface area contributed by atoms with Crippen molar-refractivity contribution in [1.82, 2.24) is 0 Å². The summed E-state index contributed by atoms with van der Waals surface area (Å²) in [6.07, 6.45) is 0.221. The molecule has 80 valence electrons. The Morgan fingerprint density at radius 3 is 2.79 bits per heavy atom. The van der Waals surface area contributed by atoms with Crippen LogP contribution in [0.15, 0.2) is 0 Å². The minimum Gasteiger partial charge on any atom is -0.391 e. The molecule has 2 aliphatic heterocycles. The summed E-state index contributed by atoms with van der Waals surface area (Å²) in [5.41, 5.74) is -0.245. The van der Waals surface area contributed by atoms with Crippen LogP contribution in [0, 0.1) is 0 Å². The Morgan fingerprint density at radius 2 is 2.14 bits per heavy atom. The van der Waals surface area contributed by atoms with Gasteiger partial charge in [-0.05, 0) is 20.8 Å². The Labute approximate surface area is 83.1 Å². The summed E-state index contributed by atoms with van der Waals surface area (Å²) in [4.78, 5) is 0. The van der Waals surface area contributed by atoms with E-state index >= 15 is 0 Å². The molecule has 1 saturated carbocycles. The highest BCUT2D eigenvalue weighted by Gasteiger charge is 2.76. The molecular weight excluding hydrogens is 184 g/mol. The molecule has 5 atom stereocenters. The fourth-order valence-corrected chi connectivity index (χ4v) is 2.72. The molecule has 0 aromatic carbocycles. The number of aliphatic hydroxyl groups is 1. The molecule has 2 heterocycles. The first-order chi connectivity index (χ1) is 6.45. The molecule has 0 bridgehead atoms. The van der Waals surface area contributed by atoms with Crippen molar-refractivity contribution < 1.29 is 19.3 Å². The maximum absolute atomic E-state index is 9.54. The number of aliphatic hydroxyl groups excluding tert-OH is 1. The fourth-order valence-electron chi connectivity index (χ4n) is 2.72. The summed E-state index contributed by atoms with van der Waals surface area (Å²) >= 11 is 0. The Bertz CT molecular complexity index is 275. The summed E-state index contributed by atoms with van der Waals surface area (Å²) in [6.45, 7) is 5.56. The zero-order valence-corrected chi connectivity index (χ0v) is 8.69. The highest BCUT2D eigenvalue weighted by atomic mass is 16.8. The van der Waals surface area contributed by atoms with Gasteiger partial charge in [0.25, 0.3) is 0 Å². The molecule has 3 rings (SSSR count). The van der Waals surface area contributed by atoms with Gasteiger partial charge in [0.15, 0.2) is 5.79 Å². The average molecular weight is 200 g/mol. The summed E-state index contributed by atoms with van der Waals surface area (Å²) in [6, 6.07) is 0. The largest absolute Gasteiger partial charge is 0.391 e. The van der Waals surface area contributed by atoms with Gasteiger partial charge < -0.3 is 19.3 Å². The van der Waals surface area contributed by atoms with Gasteiger partial charge in [0.2, 0.25) is 0 Å². The molecule has 0 aromatic rings. The van der Waals surface area contributed by atoms with Gasteiger partial charge in [-0.25, -0.2) is 0 Å². The number of hydrogen-bond donors (Lipinski definition) is 1. The van der Waals surface area contributed by atoms with Crippen molar-refractivity contribution >= 4 is 0 Å².